The van der Waals surface area contributed by atoms with Crippen LogP contribution >= 0.6 is 11.8 Å². The summed E-state index contributed by atoms with van der Waals surface area (Å²) in [7, 11) is 0. The molecular formula is C10H17N3S. The second-order valence-electron chi connectivity index (χ2n) is 4.70. The predicted molar refractivity (Wildman–Crippen MR) is 59.8 cm³/mol. The molecule has 0 radical (unpaired) electrons. The summed E-state index contributed by atoms with van der Waals surface area (Å²) in [5.41, 5.74) is 0.111. The third kappa shape index (κ3) is 1.80. The van der Waals surface area contributed by atoms with E-state index in [0.717, 1.165) is 18.8 Å². The van der Waals surface area contributed by atoms with Gasteiger partial charge in [-0.3, -0.25) is 0 Å². The minimum absolute atomic E-state index is 0.111. The van der Waals surface area contributed by atoms with E-state index in [0.29, 0.717) is 0 Å². The van der Waals surface area contributed by atoms with Crippen LogP contribution in [0.1, 0.15) is 32.4 Å². The highest BCUT2D eigenvalue weighted by Crippen LogP contribution is 2.23. The van der Waals surface area contributed by atoms with E-state index in [4.69, 9.17) is 0 Å². The fourth-order valence-corrected chi connectivity index (χ4v) is 2.57. The SMILES string of the molecule is CC(C)(C)c1nnc2n1CCSCC2. The molecule has 14 heavy (non-hydrogen) atoms. The van der Waals surface area contributed by atoms with Crippen molar-refractivity contribution in [1.29, 1.82) is 0 Å². The molecule has 1 aromatic heterocycles. The van der Waals surface area contributed by atoms with Gasteiger partial charge in [-0.25, -0.2) is 0 Å². The maximum absolute atomic E-state index is 4.31. The van der Waals surface area contributed by atoms with Crippen LogP contribution in [0, 0.1) is 0 Å². The Balaban J connectivity index is 2.39. The van der Waals surface area contributed by atoms with E-state index in [9.17, 15) is 0 Å². The van der Waals surface area contributed by atoms with Crippen LogP contribution in [0.2, 0.25) is 0 Å². The lowest BCUT2D eigenvalue weighted by Crippen LogP contribution is -2.20. The molecule has 1 aliphatic rings. The van der Waals surface area contributed by atoms with Crippen molar-refractivity contribution < 1.29 is 0 Å². The third-order valence-corrected chi connectivity index (χ3v) is 3.39. The molecule has 0 amide bonds. The Morgan fingerprint density at radius 3 is 2.71 bits per heavy atom. The van der Waals surface area contributed by atoms with Crippen LogP contribution in [-0.4, -0.2) is 26.3 Å². The molecule has 0 unspecified atom stereocenters. The normalized spacial score (nSPS) is 17.6. The first-order chi connectivity index (χ1) is 6.59. The fourth-order valence-electron chi connectivity index (χ4n) is 1.73. The van der Waals surface area contributed by atoms with Crippen LogP contribution in [0.3, 0.4) is 0 Å². The van der Waals surface area contributed by atoms with Crippen molar-refractivity contribution in [2.24, 2.45) is 0 Å². The molecule has 3 nitrogen and oxygen atoms in total. The van der Waals surface area contributed by atoms with Gasteiger partial charge in [-0.2, -0.15) is 11.8 Å². The van der Waals surface area contributed by atoms with E-state index >= 15 is 0 Å². The molecule has 1 aliphatic heterocycles. The van der Waals surface area contributed by atoms with Crippen LogP contribution in [0.15, 0.2) is 0 Å². The summed E-state index contributed by atoms with van der Waals surface area (Å²) < 4.78 is 2.31. The van der Waals surface area contributed by atoms with E-state index < -0.39 is 0 Å². The predicted octanol–water partition coefficient (Wildman–Crippen LogP) is 1.86. The number of aryl methyl sites for hydroxylation is 1. The maximum atomic E-state index is 4.31. The molecule has 0 fully saturated rings. The molecular weight excluding hydrogens is 194 g/mol. The lowest BCUT2D eigenvalue weighted by atomic mass is 9.95. The second kappa shape index (κ2) is 3.57. The topological polar surface area (TPSA) is 30.7 Å². The molecule has 0 atom stereocenters. The third-order valence-electron chi connectivity index (χ3n) is 2.43. The van der Waals surface area contributed by atoms with Gasteiger partial charge in [0.15, 0.2) is 0 Å². The van der Waals surface area contributed by atoms with Gasteiger partial charge in [0.2, 0.25) is 0 Å². The lowest BCUT2D eigenvalue weighted by Gasteiger charge is -2.18. The maximum Gasteiger partial charge on any atom is 0.138 e. The van der Waals surface area contributed by atoms with E-state index in [1.54, 1.807) is 0 Å². The number of fused-ring (bicyclic) bond motifs is 1. The molecule has 0 saturated heterocycles. The van der Waals surface area contributed by atoms with Gasteiger partial charge < -0.3 is 4.57 Å². The summed E-state index contributed by atoms with van der Waals surface area (Å²) in [6.07, 6.45) is 1.06. The van der Waals surface area contributed by atoms with Gasteiger partial charge in [-0.1, -0.05) is 20.8 Å². The summed E-state index contributed by atoms with van der Waals surface area (Å²) in [4.78, 5) is 0. The van der Waals surface area contributed by atoms with Gasteiger partial charge >= 0.3 is 0 Å². The van der Waals surface area contributed by atoms with Crippen LogP contribution in [-0.2, 0) is 18.4 Å². The van der Waals surface area contributed by atoms with Crippen molar-refractivity contribution >= 4 is 11.8 Å². The number of rotatable bonds is 0. The molecule has 4 heteroatoms. The molecule has 0 spiro atoms. The highest BCUT2D eigenvalue weighted by molar-refractivity contribution is 7.99. The van der Waals surface area contributed by atoms with Crippen LogP contribution in [0.5, 0.6) is 0 Å². The summed E-state index contributed by atoms with van der Waals surface area (Å²) in [5.74, 6) is 4.67. The first-order valence-electron chi connectivity index (χ1n) is 5.09. The quantitative estimate of drug-likeness (QED) is 0.656. The highest BCUT2D eigenvalue weighted by atomic mass is 32.2. The molecule has 0 bridgehead atoms. The van der Waals surface area contributed by atoms with Crippen molar-refractivity contribution in [3.05, 3.63) is 11.6 Å². The Labute approximate surface area is 89.3 Å². The molecule has 78 valence electrons. The van der Waals surface area contributed by atoms with Crippen molar-refractivity contribution in [1.82, 2.24) is 14.8 Å². The molecule has 0 aromatic carbocycles. The number of thioether (sulfide) groups is 1. The van der Waals surface area contributed by atoms with Crippen LogP contribution < -0.4 is 0 Å². The molecule has 2 rings (SSSR count). The molecule has 2 heterocycles. The van der Waals surface area contributed by atoms with E-state index in [-0.39, 0.29) is 5.41 Å². The summed E-state index contributed by atoms with van der Waals surface area (Å²) in [5, 5.41) is 8.60. The van der Waals surface area contributed by atoms with Gasteiger partial charge in [0.1, 0.15) is 11.6 Å². The first kappa shape index (κ1) is 10.0. The number of nitrogens with zero attached hydrogens (tertiary/aromatic N) is 3. The smallest absolute Gasteiger partial charge is 0.138 e. The highest BCUT2D eigenvalue weighted by Gasteiger charge is 2.24. The van der Waals surface area contributed by atoms with Gasteiger partial charge in [0.25, 0.3) is 0 Å². The van der Waals surface area contributed by atoms with Gasteiger partial charge in [-0.15, -0.1) is 10.2 Å². The summed E-state index contributed by atoms with van der Waals surface area (Å²) >= 11 is 2.01. The molecule has 0 aliphatic carbocycles. The Morgan fingerprint density at radius 2 is 2.00 bits per heavy atom. The Hall–Kier alpha value is -0.510. The number of hydrogen-bond acceptors (Lipinski definition) is 3. The lowest BCUT2D eigenvalue weighted by molar-refractivity contribution is 0.502. The van der Waals surface area contributed by atoms with Crippen molar-refractivity contribution in [2.75, 3.05) is 11.5 Å². The number of hydrogen-bond donors (Lipinski definition) is 0. The Morgan fingerprint density at radius 1 is 1.21 bits per heavy atom. The first-order valence-corrected chi connectivity index (χ1v) is 6.25. The second-order valence-corrected chi connectivity index (χ2v) is 5.93. The molecule has 1 aromatic rings. The standard InChI is InChI=1S/C10H17N3S/c1-10(2,3)9-12-11-8-4-6-14-7-5-13(8)9/h4-7H2,1-3H3. The van der Waals surface area contributed by atoms with Crippen molar-refractivity contribution in [3.63, 3.8) is 0 Å². The van der Waals surface area contributed by atoms with Gasteiger partial charge in [0, 0.05) is 29.9 Å². The fraction of sp³-hybridized carbons (Fsp3) is 0.800. The minimum Gasteiger partial charge on any atom is -0.314 e. The summed E-state index contributed by atoms with van der Waals surface area (Å²) in [6.45, 7) is 7.66. The van der Waals surface area contributed by atoms with Crippen molar-refractivity contribution in [3.8, 4) is 0 Å². The summed E-state index contributed by atoms with van der Waals surface area (Å²) in [6, 6.07) is 0. The van der Waals surface area contributed by atoms with Gasteiger partial charge in [-0.05, 0) is 0 Å². The van der Waals surface area contributed by atoms with E-state index in [1.165, 1.54) is 17.3 Å². The van der Waals surface area contributed by atoms with Crippen LogP contribution in [0.25, 0.3) is 0 Å². The molecule has 0 saturated carbocycles. The average Bonchev–Trinajstić information content (AvgIpc) is 2.36. The Kier molecular flexibility index (Phi) is 2.56. The number of aromatic nitrogens is 3. The largest absolute Gasteiger partial charge is 0.314 e. The van der Waals surface area contributed by atoms with E-state index in [1.807, 2.05) is 11.8 Å². The monoisotopic (exact) mass is 211 g/mol. The van der Waals surface area contributed by atoms with Crippen LogP contribution in [0.4, 0.5) is 0 Å². The van der Waals surface area contributed by atoms with Gasteiger partial charge in [0.05, 0.1) is 0 Å². The molecule has 0 N–H and O–H groups in total. The van der Waals surface area contributed by atoms with Crippen molar-refractivity contribution in [2.45, 2.75) is 39.2 Å². The zero-order chi connectivity index (χ0) is 10.2. The average molecular weight is 211 g/mol. The zero-order valence-electron chi connectivity index (χ0n) is 9.08. The van der Waals surface area contributed by atoms with E-state index in [2.05, 4.69) is 35.5 Å². The Bertz CT molecular complexity index is 325. The zero-order valence-corrected chi connectivity index (χ0v) is 9.89. The minimum atomic E-state index is 0.111.